The van der Waals surface area contributed by atoms with Crippen LogP contribution in [0.5, 0.6) is 0 Å². The van der Waals surface area contributed by atoms with E-state index in [-0.39, 0.29) is 48.7 Å². The van der Waals surface area contributed by atoms with Crippen LogP contribution < -0.4 is 0 Å². The molecule has 144 valence electrons. The second-order valence-electron chi connectivity index (χ2n) is 7.09. The molecule has 2 aromatic rings. The maximum Gasteiger partial charge on any atom is 0.274 e. The minimum absolute atomic E-state index is 0.00460. The lowest BCUT2D eigenvalue weighted by Gasteiger charge is -2.58. The summed E-state index contributed by atoms with van der Waals surface area (Å²) in [6, 6.07) is 7.73. The van der Waals surface area contributed by atoms with Crippen LogP contribution in [0.3, 0.4) is 0 Å². The number of piperazine rings is 1. The molecule has 4 rings (SSSR count). The van der Waals surface area contributed by atoms with Gasteiger partial charge in [-0.2, -0.15) is 0 Å². The zero-order valence-corrected chi connectivity index (χ0v) is 15.6. The summed E-state index contributed by atoms with van der Waals surface area (Å²) in [5.41, 5.74) is 2.39. The zero-order valence-electron chi connectivity index (χ0n) is 15.6. The molecule has 0 unspecified atom stereocenters. The summed E-state index contributed by atoms with van der Waals surface area (Å²) in [4.78, 5) is 36.6. The van der Waals surface area contributed by atoms with Gasteiger partial charge in [0.15, 0.2) is 0 Å². The van der Waals surface area contributed by atoms with Crippen molar-refractivity contribution in [1.82, 2.24) is 19.8 Å². The Hall–Kier alpha value is -3.06. The molecule has 3 atom stereocenters. The number of aromatic nitrogens is 2. The monoisotopic (exact) mass is 378 g/mol. The lowest BCUT2D eigenvalue weighted by Crippen LogP contribution is -2.73. The van der Waals surface area contributed by atoms with Crippen molar-refractivity contribution in [2.45, 2.75) is 24.9 Å². The number of hydrogen-bond acceptors (Lipinski definition) is 5. The predicted molar refractivity (Wildman–Crippen MR) is 103 cm³/mol. The highest BCUT2D eigenvalue weighted by Crippen LogP contribution is 2.43. The number of fused-ring (bicyclic) bond motifs is 1. The fourth-order valence-electron chi connectivity index (χ4n) is 4.25. The summed E-state index contributed by atoms with van der Waals surface area (Å²) in [5, 5.41) is 9.86. The third-order valence-corrected chi connectivity index (χ3v) is 5.50. The molecule has 2 fully saturated rings. The smallest absolute Gasteiger partial charge is 0.274 e. The molecular formula is C21H22N4O3. The quantitative estimate of drug-likeness (QED) is 0.867. The van der Waals surface area contributed by atoms with E-state index in [2.05, 4.69) is 9.97 Å². The standard InChI is InChI=1S/C21H22N4O3/c1-2-3-14-4-6-15(7-5-14)20-17-11-24(12-19(27)25(17)18(20)13-26)21(28)16-10-22-8-9-23-16/h2-10,17-18,20,26H,11-13H2,1H3/b3-2+/t17-,18+,20+/m0/s1. The van der Waals surface area contributed by atoms with Crippen molar-refractivity contribution in [2.75, 3.05) is 19.7 Å². The van der Waals surface area contributed by atoms with E-state index >= 15 is 0 Å². The van der Waals surface area contributed by atoms with Crippen LogP contribution in [0, 0.1) is 0 Å². The third kappa shape index (κ3) is 3.07. The topological polar surface area (TPSA) is 86.6 Å². The molecule has 2 saturated heterocycles. The maximum atomic E-state index is 12.7. The molecule has 0 radical (unpaired) electrons. The summed E-state index contributed by atoms with van der Waals surface area (Å²) in [6.07, 6.45) is 8.38. The second-order valence-corrected chi connectivity index (χ2v) is 7.09. The van der Waals surface area contributed by atoms with Gasteiger partial charge in [-0.05, 0) is 18.1 Å². The molecule has 1 N–H and O–H groups in total. The van der Waals surface area contributed by atoms with Crippen LogP contribution in [0.15, 0.2) is 48.9 Å². The Morgan fingerprint density at radius 1 is 1.29 bits per heavy atom. The minimum atomic E-state index is -0.296. The van der Waals surface area contributed by atoms with E-state index in [1.165, 1.54) is 23.5 Å². The highest BCUT2D eigenvalue weighted by Gasteiger charge is 2.54. The Morgan fingerprint density at radius 2 is 2.07 bits per heavy atom. The number of rotatable bonds is 4. The molecule has 28 heavy (non-hydrogen) atoms. The summed E-state index contributed by atoms with van der Waals surface area (Å²) >= 11 is 0. The van der Waals surface area contributed by atoms with Gasteiger partial charge in [0.25, 0.3) is 5.91 Å². The number of aliphatic hydroxyl groups excluding tert-OH is 1. The number of allylic oxidation sites excluding steroid dienone is 1. The van der Waals surface area contributed by atoms with Crippen molar-refractivity contribution >= 4 is 17.9 Å². The molecule has 7 heteroatoms. The van der Waals surface area contributed by atoms with Gasteiger partial charge in [-0.1, -0.05) is 36.4 Å². The number of amides is 2. The van der Waals surface area contributed by atoms with Crippen molar-refractivity contribution in [2.24, 2.45) is 0 Å². The lowest BCUT2D eigenvalue weighted by molar-refractivity contribution is -0.159. The van der Waals surface area contributed by atoms with Gasteiger partial charge < -0.3 is 14.9 Å². The fraction of sp³-hybridized carbons (Fsp3) is 0.333. The van der Waals surface area contributed by atoms with Crippen LogP contribution in [0.2, 0.25) is 0 Å². The SMILES string of the molecule is C/C=C/c1ccc([C@H]2[C@@H](CO)N3C(=O)CN(C(=O)c4cnccn4)C[C@@H]23)cc1. The largest absolute Gasteiger partial charge is 0.394 e. The minimum Gasteiger partial charge on any atom is -0.394 e. The Balaban J connectivity index is 1.58. The molecular weight excluding hydrogens is 356 g/mol. The van der Waals surface area contributed by atoms with Crippen LogP contribution in [0.1, 0.15) is 34.5 Å². The second kappa shape index (κ2) is 7.52. The first kappa shape index (κ1) is 18.3. The van der Waals surface area contributed by atoms with E-state index in [4.69, 9.17) is 0 Å². The van der Waals surface area contributed by atoms with Crippen molar-refractivity contribution < 1.29 is 14.7 Å². The lowest BCUT2D eigenvalue weighted by atomic mass is 9.73. The number of benzene rings is 1. The molecule has 0 saturated carbocycles. The average molecular weight is 378 g/mol. The first-order chi connectivity index (χ1) is 13.6. The van der Waals surface area contributed by atoms with Crippen molar-refractivity contribution in [3.63, 3.8) is 0 Å². The van der Waals surface area contributed by atoms with E-state index in [9.17, 15) is 14.7 Å². The number of aliphatic hydroxyl groups is 1. The van der Waals surface area contributed by atoms with Crippen LogP contribution in [-0.4, -0.2) is 68.5 Å². The van der Waals surface area contributed by atoms with Crippen LogP contribution >= 0.6 is 0 Å². The van der Waals surface area contributed by atoms with Crippen LogP contribution in [0.4, 0.5) is 0 Å². The van der Waals surface area contributed by atoms with Gasteiger partial charge in [0.05, 0.1) is 24.9 Å². The van der Waals surface area contributed by atoms with Gasteiger partial charge in [0, 0.05) is 24.9 Å². The van der Waals surface area contributed by atoms with Crippen molar-refractivity contribution in [1.29, 1.82) is 0 Å². The highest BCUT2D eigenvalue weighted by molar-refractivity contribution is 5.96. The number of nitrogens with zero attached hydrogens (tertiary/aromatic N) is 4. The van der Waals surface area contributed by atoms with E-state index in [0.717, 1.165) is 11.1 Å². The van der Waals surface area contributed by atoms with Gasteiger partial charge in [0.2, 0.25) is 5.91 Å². The molecule has 0 aliphatic carbocycles. The molecule has 1 aromatic heterocycles. The Morgan fingerprint density at radius 3 is 2.71 bits per heavy atom. The Kier molecular flexibility index (Phi) is 4.92. The highest BCUT2D eigenvalue weighted by atomic mass is 16.3. The number of hydrogen-bond donors (Lipinski definition) is 1. The average Bonchev–Trinajstić information content (AvgIpc) is 2.71. The maximum absolute atomic E-state index is 12.7. The summed E-state index contributed by atoms with van der Waals surface area (Å²) in [5.74, 6) is -0.448. The molecule has 0 spiro atoms. The number of carbonyl (C=O) groups excluding carboxylic acids is 2. The summed E-state index contributed by atoms with van der Waals surface area (Å²) in [7, 11) is 0. The third-order valence-electron chi connectivity index (χ3n) is 5.50. The van der Waals surface area contributed by atoms with Gasteiger partial charge in [-0.25, -0.2) is 4.98 Å². The molecule has 3 heterocycles. The molecule has 2 aliphatic heterocycles. The molecule has 2 aliphatic rings. The van der Waals surface area contributed by atoms with Crippen molar-refractivity contribution in [3.05, 3.63) is 65.8 Å². The Labute approximate surface area is 163 Å². The van der Waals surface area contributed by atoms with E-state index in [1.807, 2.05) is 43.3 Å². The van der Waals surface area contributed by atoms with Gasteiger partial charge in [-0.3, -0.25) is 14.6 Å². The predicted octanol–water partition coefficient (Wildman–Crippen LogP) is 1.32. The Bertz CT molecular complexity index is 898. The fourth-order valence-corrected chi connectivity index (χ4v) is 4.25. The van der Waals surface area contributed by atoms with Gasteiger partial charge in [0.1, 0.15) is 12.2 Å². The molecule has 1 aromatic carbocycles. The number of carbonyl (C=O) groups is 2. The normalized spacial score (nSPS) is 24.2. The first-order valence-electron chi connectivity index (χ1n) is 9.34. The molecule has 7 nitrogen and oxygen atoms in total. The van der Waals surface area contributed by atoms with Crippen LogP contribution in [0.25, 0.3) is 6.08 Å². The summed E-state index contributed by atoms with van der Waals surface area (Å²) in [6.45, 7) is 2.28. The molecule has 2 amide bonds. The zero-order chi connectivity index (χ0) is 19.7. The van der Waals surface area contributed by atoms with Crippen molar-refractivity contribution in [3.8, 4) is 0 Å². The van der Waals surface area contributed by atoms with E-state index in [0.29, 0.717) is 6.54 Å². The summed E-state index contributed by atoms with van der Waals surface area (Å²) < 4.78 is 0. The van der Waals surface area contributed by atoms with Gasteiger partial charge in [-0.15, -0.1) is 0 Å². The molecule has 0 bridgehead atoms. The van der Waals surface area contributed by atoms with E-state index < -0.39 is 0 Å². The van der Waals surface area contributed by atoms with E-state index in [1.54, 1.807) is 4.90 Å². The van der Waals surface area contributed by atoms with Crippen LogP contribution in [-0.2, 0) is 4.79 Å². The first-order valence-corrected chi connectivity index (χ1v) is 9.34. The van der Waals surface area contributed by atoms with Gasteiger partial charge >= 0.3 is 0 Å².